The van der Waals surface area contributed by atoms with Crippen molar-refractivity contribution in [1.29, 1.82) is 0 Å². The molecule has 412 valence electrons. The highest BCUT2D eigenvalue weighted by molar-refractivity contribution is 8.00. The minimum atomic E-state index is -0.840. The molecule has 8 amide bonds. The molecule has 9 rings (SSSR count). The average molecular weight is 1080 g/mol. The molecule has 2 unspecified atom stereocenters. The van der Waals surface area contributed by atoms with Crippen molar-refractivity contribution in [3.05, 3.63) is 70.8 Å². The van der Waals surface area contributed by atoms with Crippen LogP contribution in [0.2, 0.25) is 0 Å². The van der Waals surface area contributed by atoms with E-state index in [2.05, 4.69) is 31.9 Å². The van der Waals surface area contributed by atoms with Gasteiger partial charge in [-0.15, -0.1) is 23.5 Å². The summed E-state index contributed by atoms with van der Waals surface area (Å²) in [4.78, 5) is 122. The van der Waals surface area contributed by atoms with Gasteiger partial charge in [-0.1, -0.05) is 76.2 Å². The zero-order valence-electron chi connectivity index (χ0n) is 45.3. The van der Waals surface area contributed by atoms with E-state index in [1.165, 1.54) is 0 Å². The van der Waals surface area contributed by atoms with Crippen LogP contribution < -0.4 is 31.9 Å². The van der Waals surface area contributed by atoms with Gasteiger partial charge in [0, 0.05) is 26.2 Å². The molecule has 12 atom stereocenters. The number of nitrogens with one attached hydrogen (secondary N) is 6. The van der Waals surface area contributed by atoms with Gasteiger partial charge in [0.1, 0.15) is 24.2 Å². The Kier molecular flexibility index (Phi) is 16.6. The molecule has 20 heteroatoms. The Hall–Kier alpha value is -5.18. The van der Waals surface area contributed by atoms with Gasteiger partial charge in [-0.2, -0.15) is 0 Å². The van der Waals surface area contributed by atoms with Crippen molar-refractivity contribution in [3.63, 3.8) is 0 Å². The Morgan fingerprint density at radius 1 is 0.553 bits per heavy atom. The SMILES string of the molecule is CNC(C)C(=O)N[C@H]1CCS[C@H]2CC(C)(C)[C@@H](C(=O)N[C@H]3c4ccccc4CC[C@H]3C(=O)N3CCN(C(=O)[C@@H]4CCc5ccccc5[C@@H]4NC(=O)[C@H]4N5C(=O)[C@@H](NC(=O)C(C)NC)CCS[C@H]5CC4(C)C)CC3)N2C1=O. The summed E-state index contributed by atoms with van der Waals surface area (Å²) in [7, 11) is 3.38. The third-order valence-corrected chi connectivity index (χ3v) is 20.0. The lowest BCUT2D eigenvalue weighted by Crippen LogP contribution is -2.59. The third kappa shape index (κ3) is 10.8. The van der Waals surface area contributed by atoms with Crippen molar-refractivity contribution in [1.82, 2.24) is 51.5 Å². The summed E-state index contributed by atoms with van der Waals surface area (Å²) in [5, 5.41) is 17.9. The van der Waals surface area contributed by atoms with Crippen LogP contribution in [0.5, 0.6) is 0 Å². The van der Waals surface area contributed by atoms with Gasteiger partial charge in [0.05, 0.1) is 46.8 Å². The van der Waals surface area contributed by atoms with Crippen LogP contribution in [0, 0.1) is 22.7 Å². The molecule has 5 saturated heterocycles. The second-order valence-electron chi connectivity index (χ2n) is 23.4. The number of benzene rings is 2. The number of nitrogens with zero attached hydrogens (tertiary/aromatic N) is 4. The van der Waals surface area contributed by atoms with E-state index in [-0.39, 0.29) is 84.2 Å². The van der Waals surface area contributed by atoms with Crippen molar-refractivity contribution in [2.24, 2.45) is 22.7 Å². The molecule has 0 aromatic heterocycles. The molecule has 2 aliphatic carbocycles. The number of thioether (sulfide) groups is 2. The highest BCUT2D eigenvalue weighted by Crippen LogP contribution is 2.49. The van der Waals surface area contributed by atoms with E-state index in [1.54, 1.807) is 61.3 Å². The fourth-order valence-corrected chi connectivity index (χ4v) is 16.2. The standard InChI is InChI=1S/C56H78N10O8S2/c1-31(57-7)47(67)59-39-21-27-75-41-29-55(3,4)45(65(41)53(39)73)49(69)61-43-35-15-11-9-13-33(35)17-19-37(43)51(71)63-23-25-64(26-24-63)52(72)38-20-18-34-14-10-12-16-36(34)44(38)62-50(70)46-56(5,6)30-42-66(46)54(74)40(22-28-76-42)60-48(68)32(2)58-8/h9-16,31-32,37-46,57-58H,17-30H2,1-8H3,(H,59,67)(H,60,68)(H,61,69)(H,62,70)/t31?,32?,37-,38-,39+,40+,41+,42+,43+,44+,45-,46-/m1/s1. The van der Waals surface area contributed by atoms with Crippen LogP contribution in [-0.2, 0) is 51.2 Å². The van der Waals surface area contributed by atoms with Crippen molar-refractivity contribution in [2.45, 2.75) is 152 Å². The molecule has 0 bridgehead atoms. The first kappa shape index (κ1) is 55.6. The van der Waals surface area contributed by atoms with Crippen LogP contribution in [0.25, 0.3) is 0 Å². The van der Waals surface area contributed by atoms with Crippen molar-refractivity contribution >= 4 is 70.8 Å². The van der Waals surface area contributed by atoms with Gasteiger partial charge in [0.25, 0.3) is 0 Å². The maximum Gasteiger partial charge on any atom is 0.246 e. The van der Waals surface area contributed by atoms with Crippen LogP contribution in [0.4, 0.5) is 0 Å². The molecule has 2 aromatic carbocycles. The fourth-order valence-electron chi connectivity index (χ4n) is 13.0. The van der Waals surface area contributed by atoms with Crippen molar-refractivity contribution < 1.29 is 38.4 Å². The molecule has 5 aliphatic heterocycles. The number of likely N-dealkylation sites (N-methyl/N-ethyl adjacent to an activating group) is 2. The van der Waals surface area contributed by atoms with Gasteiger partial charge in [0.2, 0.25) is 47.3 Å². The molecule has 5 fully saturated rings. The first-order valence-corrected chi connectivity index (χ1v) is 29.5. The lowest BCUT2D eigenvalue weighted by atomic mass is 9.77. The van der Waals surface area contributed by atoms with Crippen molar-refractivity contribution in [2.75, 3.05) is 51.8 Å². The Bertz CT molecular complexity index is 2420. The van der Waals surface area contributed by atoms with E-state index < -0.39 is 71.0 Å². The van der Waals surface area contributed by atoms with Gasteiger partial charge >= 0.3 is 0 Å². The molecule has 18 nitrogen and oxygen atoms in total. The number of fused-ring (bicyclic) bond motifs is 4. The number of amides is 8. The molecule has 5 heterocycles. The number of piperazine rings is 1. The van der Waals surface area contributed by atoms with Gasteiger partial charge in [-0.3, -0.25) is 38.4 Å². The van der Waals surface area contributed by atoms with E-state index in [4.69, 9.17) is 0 Å². The number of aryl methyl sites for hydroxylation is 2. The molecule has 7 aliphatic rings. The molecule has 76 heavy (non-hydrogen) atoms. The predicted molar refractivity (Wildman–Crippen MR) is 292 cm³/mol. The molecule has 6 N–H and O–H groups in total. The molecular formula is C56H78N10O8S2. The topological polar surface area (TPSA) is 222 Å². The number of carbonyl (C=O) groups excluding carboxylic acids is 8. The molecular weight excluding hydrogens is 1000 g/mol. The Morgan fingerprint density at radius 3 is 1.29 bits per heavy atom. The van der Waals surface area contributed by atoms with Crippen LogP contribution in [0.15, 0.2) is 48.5 Å². The van der Waals surface area contributed by atoms with Crippen molar-refractivity contribution in [3.8, 4) is 0 Å². The molecule has 0 spiro atoms. The largest absolute Gasteiger partial charge is 0.347 e. The lowest BCUT2D eigenvalue weighted by molar-refractivity contribution is -0.148. The summed E-state index contributed by atoms with van der Waals surface area (Å²) in [5.41, 5.74) is 2.64. The Morgan fingerprint density at radius 2 is 0.921 bits per heavy atom. The predicted octanol–water partition coefficient (Wildman–Crippen LogP) is 2.86. The van der Waals surface area contributed by atoms with Crippen LogP contribution in [0.1, 0.15) is 114 Å². The summed E-state index contributed by atoms with van der Waals surface area (Å²) in [6, 6.07) is 10.2. The minimum absolute atomic E-state index is 0.105. The zero-order valence-corrected chi connectivity index (χ0v) is 47.0. The summed E-state index contributed by atoms with van der Waals surface area (Å²) in [6.07, 6.45) is 4.39. The third-order valence-electron chi connectivity index (χ3n) is 17.5. The zero-order chi connectivity index (χ0) is 54.4. The number of carbonyl (C=O) groups is 8. The fraction of sp³-hybridized carbons (Fsp3) is 0.643. The summed E-state index contributed by atoms with van der Waals surface area (Å²) >= 11 is 3.27. The number of hydrogen-bond donors (Lipinski definition) is 6. The van der Waals surface area contributed by atoms with Crippen LogP contribution in [-0.4, -0.2) is 166 Å². The Labute approximate surface area is 455 Å². The highest BCUT2D eigenvalue weighted by atomic mass is 32.2. The number of rotatable bonds is 12. The quantitative estimate of drug-likeness (QED) is 0.181. The second-order valence-corrected chi connectivity index (χ2v) is 25.9. The maximum atomic E-state index is 15.0. The summed E-state index contributed by atoms with van der Waals surface area (Å²) in [6.45, 7) is 12.6. The van der Waals surface area contributed by atoms with Crippen LogP contribution in [0.3, 0.4) is 0 Å². The Balaban J connectivity index is 0.897. The van der Waals surface area contributed by atoms with E-state index >= 15 is 0 Å². The van der Waals surface area contributed by atoms with Crippen LogP contribution >= 0.6 is 23.5 Å². The average Bonchev–Trinajstić information content (AvgIpc) is 3.73. The first-order valence-electron chi connectivity index (χ1n) is 27.4. The minimum Gasteiger partial charge on any atom is -0.347 e. The molecule has 0 radical (unpaired) electrons. The summed E-state index contributed by atoms with van der Waals surface area (Å²) in [5.74, 6) is -1.89. The van der Waals surface area contributed by atoms with Gasteiger partial charge in [-0.05, 0) is 124 Å². The van der Waals surface area contributed by atoms with Gasteiger partial charge < -0.3 is 51.5 Å². The second kappa shape index (κ2) is 22.7. The normalized spacial score (nSPS) is 30.5. The lowest BCUT2D eigenvalue weighted by Gasteiger charge is -2.43. The van der Waals surface area contributed by atoms with Gasteiger partial charge in [-0.25, -0.2) is 0 Å². The first-order chi connectivity index (χ1) is 36.2. The monoisotopic (exact) mass is 1080 g/mol. The molecule has 0 saturated carbocycles. The van der Waals surface area contributed by atoms with Gasteiger partial charge in [0.15, 0.2) is 0 Å². The summed E-state index contributed by atoms with van der Waals surface area (Å²) < 4.78 is 0. The maximum absolute atomic E-state index is 15.0. The molecule has 2 aromatic rings. The number of hydrogen-bond acceptors (Lipinski definition) is 12. The van der Waals surface area contributed by atoms with E-state index in [0.29, 0.717) is 62.9 Å². The smallest absolute Gasteiger partial charge is 0.246 e. The van der Waals surface area contributed by atoms with E-state index in [9.17, 15) is 38.4 Å². The van der Waals surface area contributed by atoms with E-state index in [1.807, 2.05) is 86.0 Å². The van der Waals surface area contributed by atoms with E-state index in [0.717, 1.165) is 22.3 Å². The highest BCUT2D eigenvalue weighted by Gasteiger charge is 2.57.